The number of benzene rings is 1. The summed E-state index contributed by atoms with van der Waals surface area (Å²) in [6.45, 7) is 4.43. The first-order valence-electron chi connectivity index (χ1n) is 4.28. The molecule has 0 aliphatic carbocycles. The van der Waals surface area contributed by atoms with Gasteiger partial charge in [-0.25, -0.2) is 0 Å². The van der Waals surface area contributed by atoms with Crippen molar-refractivity contribution in [3.05, 3.63) is 41.8 Å². The average Bonchev–Trinajstić information content (AvgIpc) is 2.09. The summed E-state index contributed by atoms with van der Waals surface area (Å²) < 4.78 is 0. The second-order valence-electron chi connectivity index (χ2n) is 2.68. The minimum atomic E-state index is 1.17. The third kappa shape index (κ3) is 2.01. The molecular weight excluding hydrogens is 132 g/mol. The van der Waals surface area contributed by atoms with Crippen LogP contribution in [-0.2, 0) is 0 Å². The van der Waals surface area contributed by atoms with Gasteiger partial charge in [0.15, 0.2) is 0 Å². The molecule has 0 bridgehead atoms. The summed E-state index contributed by atoms with van der Waals surface area (Å²) in [5, 5.41) is 0. The van der Waals surface area contributed by atoms with Crippen LogP contribution in [0.2, 0.25) is 0 Å². The predicted molar refractivity (Wildman–Crippen MR) is 49.4 cm³/mol. The van der Waals surface area contributed by atoms with Crippen LogP contribution in [0.3, 0.4) is 0 Å². The second kappa shape index (κ2) is 4.07. The van der Waals surface area contributed by atoms with Gasteiger partial charge in [0, 0.05) is 30.9 Å². The number of hydrogen-bond acceptors (Lipinski definition) is 0. The highest BCUT2D eigenvalue weighted by molar-refractivity contribution is 5.29. The van der Waals surface area contributed by atoms with Gasteiger partial charge in [-0.15, -0.1) is 0 Å². The first kappa shape index (κ1) is 8.19. The zero-order chi connectivity index (χ0) is 8.10. The molecule has 0 unspecified atom stereocenters. The highest BCUT2D eigenvalue weighted by Gasteiger charge is 2.12. The van der Waals surface area contributed by atoms with Gasteiger partial charge in [0.1, 0.15) is 5.56 Å². The van der Waals surface area contributed by atoms with Crippen LogP contribution < -0.4 is 0 Å². The summed E-state index contributed by atoms with van der Waals surface area (Å²) in [5.41, 5.74) is 1.40. The average molecular weight is 147 g/mol. The first-order chi connectivity index (χ1) is 5.38. The van der Waals surface area contributed by atoms with Crippen molar-refractivity contribution < 1.29 is 0 Å². The van der Waals surface area contributed by atoms with Gasteiger partial charge in [-0.1, -0.05) is 0 Å². The fraction of sp³-hybridized carbons (Fsp3) is 0.364. The molecule has 0 amide bonds. The lowest BCUT2D eigenvalue weighted by Gasteiger charge is -2.03. The van der Waals surface area contributed by atoms with Crippen LogP contribution in [-0.4, -0.2) is 0 Å². The Labute approximate surface area is 69.3 Å². The molecule has 11 heavy (non-hydrogen) atoms. The Hall–Kier alpha value is -0.910. The SMILES string of the molecule is CC[C+](CC)c1ccccc1. The van der Waals surface area contributed by atoms with Gasteiger partial charge in [-0.3, -0.25) is 0 Å². The molecule has 0 aliphatic rings. The number of hydrogen-bond donors (Lipinski definition) is 0. The molecule has 0 heteroatoms. The van der Waals surface area contributed by atoms with Crippen LogP contribution in [0.4, 0.5) is 0 Å². The molecule has 0 saturated carbocycles. The van der Waals surface area contributed by atoms with E-state index in [0.717, 1.165) is 0 Å². The van der Waals surface area contributed by atoms with Gasteiger partial charge in [-0.2, -0.15) is 0 Å². The monoisotopic (exact) mass is 147 g/mol. The molecule has 1 rings (SSSR count). The Balaban J connectivity index is 2.74. The molecule has 1 aromatic carbocycles. The third-order valence-electron chi connectivity index (χ3n) is 2.04. The van der Waals surface area contributed by atoms with E-state index in [1.165, 1.54) is 18.4 Å². The lowest BCUT2D eigenvalue weighted by atomic mass is 9.94. The van der Waals surface area contributed by atoms with Gasteiger partial charge in [0.25, 0.3) is 0 Å². The smallest absolute Gasteiger partial charge is 0.0498 e. The fourth-order valence-corrected chi connectivity index (χ4v) is 1.33. The molecule has 0 atom stereocenters. The van der Waals surface area contributed by atoms with Crippen LogP contribution in [0.15, 0.2) is 30.3 Å². The summed E-state index contributed by atoms with van der Waals surface area (Å²) in [4.78, 5) is 0. The van der Waals surface area contributed by atoms with Crippen LogP contribution >= 0.6 is 0 Å². The molecule has 0 fully saturated rings. The summed E-state index contributed by atoms with van der Waals surface area (Å²) in [6.07, 6.45) is 2.33. The normalized spacial score (nSPS) is 9.64. The van der Waals surface area contributed by atoms with E-state index >= 15 is 0 Å². The van der Waals surface area contributed by atoms with Crippen molar-refractivity contribution in [2.75, 3.05) is 0 Å². The zero-order valence-corrected chi connectivity index (χ0v) is 7.30. The van der Waals surface area contributed by atoms with E-state index in [1.807, 2.05) is 0 Å². The van der Waals surface area contributed by atoms with E-state index in [4.69, 9.17) is 0 Å². The van der Waals surface area contributed by atoms with Crippen molar-refractivity contribution in [1.29, 1.82) is 0 Å². The quantitative estimate of drug-likeness (QED) is 0.574. The maximum absolute atomic E-state index is 2.21. The molecule has 0 saturated heterocycles. The van der Waals surface area contributed by atoms with Crippen molar-refractivity contribution in [3.8, 4) is 0 Å². The third-order valence-corrected chi connectivity index (χ3v) is 2.04. The van der Waals surface area contributed by atoms with Crippen molar-refractivity contribution in [2.24, 2.45) is 0 Å². The Bertz CT molecular complexity index is 184. The number of rotatable bonds is 3. The topological polar surface area (TPSA) is 0 Å². The maximum atomic E-state index is 2.21. The van der Waals surface area contributed by atoms with Crippen LogP contribution in [0.1, 0.15) is 32.3 Å². The predicted octanol–water partition coefficient (Wildman–Crippen LogP) is 3.43. The lowest BCUT2D eigenvalue weighted by molar-refractivity contribution is 0.850. The van der Waals surface area contributed by atoms with Crippen molar-refractivity contribution in [3.63, 3.8) is 0 Å². The molecular formula is C11H15+. The van der Waals surface area contributed by atoms with E-state index in [0.29, 0.717) is 0 Å². The molecule has 0 radical (unpaired) electrons. The minimum Gasteiger partial charge on any atom is -0.0498 e. The van der Waals surface area contributed by atoms with Crippen LogP contribution in [0.25, 0.3) is 0 Å². The van der Waals surface area contributed by atoms with Crippen LogP contribution in [0, 0.1) is 5.92 Å². The van der Waals surface area contributed by atoms with Crippen molar-refractivity contribution in [1.82, 2.24) is 0 Å². The highest BCUT2D eigenvalue weighted by atomic mass is 14.1. The highest BCUT2D eigenvalue weighted by Crippen LogP contribution is 2.20. The molecule has 58 valence electrons. The lowest BCUT2D eigenvalue weighted by Crippen LogP contribution is -1.94. The molecule has 0 aromatic heterocycles. The summed E-state index contributed by atoms with van der Waals surface area (Å²) in [5.74, 6) is 1.55. The van der Waals surface area contributed by atoms with E-state index in [-0.39, 0.29) is 0 Å². The standard InChI is InChI=1S/C11H15/c1-3-10(4-2)11-8-6-5-7-9-11/h5-9H,3-4H2,1-2H3/q+1. The molecule has 0 nitrogen and oxygen atoms in total. The van der Waals surface area contributed by atoms with Gasteiger partial charge in [0.05, 0.1) is 0 Å². The Kier molecular flexibility index (Phi) is 3.03. The van der Waals surface area contributed by atoms with Gasteiger partial charge in [-0.05, 0) is 32.0 Å². The molecule has 0 aliphatic heterocycles. The van der Waals surface area contributed by atoms with Gasteiger partial charge < -0.3 is 0 Å². The molecule has 1 aromatic rings. The van der Waals surface area contributed by atoms with Crippen molar-refractivity contribution >= 4 is 0 Å². The summed E-state index contributed by atoms with van der Waals surface area (Å²) >= 11 is 0. The summed E-state index contributed by atoms with van der Waals surface area (Å²) in [6, 6.07) is 10.6. The first-order valence-corrected chi connectivity index (χ1v) is 4.28. The van der Waals surface area contributed by atoms with E-state index in [9.17, 15) is 0 Å². The van der Waals surface area contributed by atoms with E-state index in [2.05, 4.69) is 44.2 Å². The molecule has 0 spiro atoms. The largest absolute Gasteiger partial charge is 0.132 e. The molecule has 0 heterocycles. The second-order valence-corrected chi connectivity index (χ2v) is 2.68. The van der Waals surface area contributed by atoms with E-state index < -0.39 is 0 Å². The van der Waals surface area contributed by atoms with Crippen molar-refractivity contribution in [2.45, 2.75) is 26.7 Å². The maximum Gasteiger partial charge on any atom is 0.132 e. The summed E-state index contributed by atoms with van der Waals surface area (Å²) in [7, 11) is 0. The minimum absolute atomic E-state index is 1.17. The fourth-order valence-electron chi connectivity index (χ4n) is 1.33. The molecule has 0 N–H and O–H groups in total. The zero-order valence-electron chi connectivity index (χ0n) is 7.30. The van der Waals surface area contributed by atoms with Crippen LogP contribution in [0.5, 0.6) is 0 Å². The van der Waals surface area contributed by atoms with E-state index in [1.54, 1.807) is 5.92 Å². The Morgan fingerprint density at radius 2 is 1.55 bits per heavy atom. The Morgan fingerprint density at radius 3 is 2.00 bits per heavy atom. The van der Waals surface area contributed by atoms with Gasteiger partial charge in [0.2, 0.25) is 0 Å². The van der Waals surface area contributed by atoms with Gasteiger partial charge >= 0.3 is 0 Å². The Morgan fingerprint density at radius 1 is 1.00 bits per heavy atom.